The molecule has 22 heavy (non-hydrogen) atoms. The molecule has 0 N–H and O–H groups in total. The van der Waals surface area contributed by atoms with E-state index in [-0.39, 0.29) is 11.9 Å². The van der Waals surface area contributed by atoms with Crippen LogP contribution in [0.25, 0.3) is 0 Å². The molecule has 0 aliphatic carbocycles. The number of hydrogen-bond donors (Lipinski definition) is 0. The van der Waals surface area contributed by atoms with Crippen LogP contribution in [0.15, 0.2) is 0 Å². The fourth-order valence-corrected chi connectivity index (χ4v) is 4.18. The Labute approximate surface area is 142 Å². The van der Waals surface area contributed by atoms with Crippen LogP contribution in [0.5, 0.6) is 0 Å². The number of carbonyl (C=O) groups excluding carboxylic acids is 2. The summed E-state index contributed by atoms with van der Waals surface area (Å²) in [4.78, 5) is 21.8. The number of hydrogen-bond acceptors (Lipinski definition) is 6. The average Bonchev–Trinajstić information content (AvgIpc) is 2.54. The minimum Gasteiger partial charge on any atom is -0.469 e. The molecular weight excluding hydrogens is 320 g/mol. The predicted molar refractivity (Wildman–Crippen MR) is 95.1 cm³/mol. The van der Waals surface area contributed by atoms with Crippen molar-refractivity contribution in [2.45, 2.75) is 64.2 Å². The second-order valence-corrected chi connectivity index (χ2v) is 7.83. The second-order valence-electron chi connectivity index (χ2n) is 5.12. The van der Waals surface area contributed by atoms with Gasteiger partial charge in [-0.05, 0) is 25.7 Å². The number of ether oxygens (including phenoxy) is 2. The Hall–Kier alpha value is -0.360. The molecule has 0 aliphatic rings. The fourth-order valence-electron chi connectivity index (χ4n) is 1.89. The predicted octanol–water partition coefficient (Wildman–Crippen LogP) is 4.61. The molecule has 0 saturated carbocycles. The molecule has 4 nitrogen and oxygen atoms in total. The number of esters is 2. The standard InChI is InChI=1S/C16H30O4S2/c1-19-15(17)11-7-3-5-9-13-21-22-14-10-6-4-8-12-16(18)20-2/h3-14H2,1-2H3. The Morgan fingerprint density at radius 1 is 0.636 bits per heavy atom. The molecule has 0 aromatic heterocycles. The van der Waals surface area contributed by atoms with Gasteiger partial charge in [-0.15, -0.1) is 0 Å². The van der Waals surface area contributed by atoms with Gasteiger partial charge in [-0.25, -0.2) is 0 Å². The lowest BCUT2D eigenvalue weighted by Crippen LogP contribution is -1.99. The summed E-state index contributed by atoms with van der Waals surface area (Å²) in [6.45, 7) is 0. The zero-order valence-corrected chi connectivity index (χ0v) is 15.6. The maximum Gasteiger partial charge on any atom is 0.305 e. The molecule has 0 amide bonds. The highest BCUT2D eigenvalue weighted by atomic mass is 33.1. The van der Waals surface area contributed by atoms with Crippen molar-refractivity contribution in [3.63, 3.8) is 0 Å². The van der Waals surface area contributed by atoms with Gasteiger partial charge in [0, 0.05) is 24.3 Å². The molecule has 0 radical (unpaired) electrons. The summed E-state index contributed by atoms with van der Waals surface area (Å²) in [5.41, 5.74) is 0. The van der Waals surface area contributed by atoms with E-state index < -0.39 is 0 Å². The minimum absolute atomic E-state index is 0.100. The van der Waals surface area contributed by atoms with Crippen molar-refractivity contribution < 1.29 is 19.1 Å². The van der Waals surface area contributed by atoms with E-state index in [4.69, 9.17) is 0 Å². The molecule has 6 heteroatoms. The van der Waals surface area contributed by atoms with Crippen LogP contribution in [0.2, 0.25) is 0 Å². The van der Waals surface area contributed by atoms with E-state index in [1.165, 1.54) is 51.4 Å². The maximum absolute atomic E-state index is 10.9. The van der Waals surface area contributed by atoms with Crippen LogP contribution < -0.4 is 0 Å². The Balaban J connectivity index is 3.05. The topological polar surface area (TPSA) is 52.6 Å². The SMILES string of the molecule is COC(=O)CCCCCCSSCCCCCCC(=O)OC. The van der Waals surface area contributed by atoms with Gasteiger partial charge in [-0.1, -0.05) is 47.3 Å². The lowest BCUT2D eigenvalue weighted by atomic mass is 10.1. The molecule has 0 fully saturated rings. The van der Waals surface area contributed by atoms with Crippen molar-refractivity contribution in [2.75, 3.05) is 25.7 Å². The maximum atomic E-state index is 10.9. The lowest BCUT2D eigenvalue weighted by Gasteiger charge is -2.03. The highest BCUT2D eigenvalue weighted by molar-refractivity contribution is 8.76. The summed E-state index contributed by atoms with van der Waals surface area (Å²) >= 11 is 0. The Morgan fingerprint density at radius 3 is 1.36 bits per heavy atom. The van der Waals surface area contributed by atoms with E-state index in [2.05, 4.69) is 9.47 Å². The summed E-state index contributed by atoms with van der Waals surface area (Å²) in [5, 5.41) is 0. The zero-order valence-electron chi connectivity index (χ0n) is 13.9. The number of rotatable bonds is 15. The number of carbonyl (C=O) groups is 2. The van der Waals surface area contributed by atoms with Crippen LogP contribution in [0.4, 0.5) is 0 Å². The van der Waals surface area contributed by atoms with Crippen molar-refractivity contribution in [3.8, 4) is 0 Å². The third kappa shape index (κ3) is 16.0. The van der Waals surface area contributed by atoms with Gasteiger partial charge in [0.2, 0.25) is 0 Å². The lowest BCUT2D eigenvalue weighted by molar-refractivity contribution is -0.141. The van der Waals surface area contributed by atoms with Gasteiger partial charge < -0.3 is 9.47 Å². The van der Waals surface area contributed by atoms with Crippen LogP contribution in [0.1, 0.15) is 64.2 Å². The van der Waals surface area contributed by atoms with Gasteiger partial charge in [0.25, 0.3) is 0 Å². The minimum atomic E-state index is -0.100. The summed E-state index contributed by atoms with van der Waals surface area (Å²) in [6.07, 6.45) is 10.0. The van der Waals surface area contributed by atoms with Gasteiger partial charge >= 0.3 is 11.9 Å². The van der Waals surface area contributed by atoms with Gasteiger partial charge in [0.15, 0.2) is 0 Å². The molecule has 0 heterocycles. The molecular formula is C16H30O4S2. The first-order chi connectivity index (χ1) is 10.7. The third-order valence-corrected chi connectivity index (χ3v) is 5.83. The molecule has 130 valence electrons. The summed E-state index contributed by atoms with van der Waals surface area (Å²) < 4.78 is 9.21. The van der Waals surface area contributed by atoms with Crippen molar-refractivity contribution >= 4 is 33.5 Å². The van der Waals surface area contributed by atoms with E-state index >= 15 is 0 Å². The van der Waals surface area contributed by atoms with Gasteiger partial charge in [0.1, 0.15) is 0 Å². The van der Waals surface area contributed by atoms with Gasteiger partial charge in [0.05, 0.1) is 14.2 Å². The molecule has 0 bridgehead atoms. The van der Waals surface area contributed by atoms with Crippen molar-refractivity contribution in [3.05, 3.63) is 0 Å². The first-order valence-corrected chi connectivity index (χ1v) is 10.6. The number of unbranched alkanes of at least 4 members (excludes halogenated alkanes) is 6. The van der Waals surface area contributed by atoms with Crippen LogP contribution in [0.3, 0.4) is 0 Å². The van der Waals surface area contributed by atoms with E-state index in [1.54, 1.807) is 0 Å². The van der Waals surface area contributed by atoms with Crippen molar-refractivity contribution in [1.29, 1.82) is 0 Å². The normalized spacial score (nSPS) is 10.5. The molecule has 0 saturated heterocycles. The average molecular weight is 351 g/mol. The Kier molecular flexibility index (Phi) is 16.7. The quantitative estimate of drug-likeness (QED) is 0.244. The second kappa shape index (κ2) is 17.0. The highest BCUT2D eigenvalue weighted by Crippen LogP contribution is 2.24. The van der Waals surface area contributed by atoms with Gasteiger partial charge in [-0.2, -0.15) is 0 Å². The van der Waals surface area contributed by atoms with Crippen LogP contribution >= 0.6 is 21.6 Å². The van der Waals surface area contributed by atoms with E-state index in [0.717, 1.165) is 25.7 Å². The molecule has 0 aromatic rings. The third-order valence-electron chi connectivity index (χ3n) is 3.26. The monoisotopic (exact) mass is 350 g/mol. The first-order valence-electron chi connectivity index (χ1n) is 8.08. The summed E-state index contributed by atoms with van der Waals surface area (Å²) in [5.74, 6) is 2.17. The largest absolute Gasteiger partial charge is 0.469 e. The Bertz CT molecular complexity index is 257. The molecule has 0 rings (SSSR count). The molecule has 0 spiro atoms. The highest BCUT2D eigenvalue weighted by Gasteiger charge is 2.00. The summed E-state index contributed by atoms with van der Waals surface area (Å²) in [6, 6.07) is 0. The number of methoxy groups -OCH3 is 2. The zero-order chi connectivity index (χ0) is 16.5. The van der Waals surface area contributed by atoms with E-state index in [0.29, 0.717) is 12.8 Å². The van der Waals surface area contributed by atoms with E-state index in [9.17, 15) is 9.59 Å². The molecule has 0 aromatic carbocycles. The van der Waals surface area contributed by atoms with Crippen molar-refractivity contribution in [2.24, 2.45) is 0 Å². The van der Waals surface area contributed by atoms with E-state index in [1.807, 2.05) is 21.6 Å². The van der Waals surface area contributed by atoms with Crippen LogP contribution in [0, 0.1) is 0 Å². The van der Waals surface area contributed by atoms with Crippen LogP contribution in [-0.2, 0) is 19.1 Å². The smallest absolute Gasteiger partial charge is 0.305 e. The van der Waals surface area contributed by atoms with Crippen molar-refractivity contribution in [1.82, 2.24) is 0 Å². The fraction of sp³-hybridized carbons (Fsp3) is 0.875. The molecule has 0 unspecified atom stereocenters. The molecule has 0 atom stereocenters. The summed E-state index contributed by atoms with van der Waals surface area (Å²) in [7, 11) is 6.77. The first kappa shape index (κ1) is 21.6. The van der Waals surface area contributed by atoms with Crippen LogP contribution in [-0.4, -0.2) is 37.7 Å². The Morgan fingerprint density at radius 2 is 1.00 bits per heavy atom. The van der Waals surface area contributed by atoms with Gasteiger partial charge in [-0.3, -0.25) is 9.59 Å². The molecule has 0 aliphatic heterocycles.